The minimum atomic E-state index is -0.368. The highest BCUT2D eigenvalue weighted by atomic mass is 16.5. The van der Waals surface area contributed by atoms with Crippen LogP contribution in [0.25, 0.3) is 0 Å². The minimum absolute atomic E-state index is 0.121. The van der Waals surface area contributed by atoms with E-state index in [4.69, 9.17) is 14.7 Å². The number of hydrogen-bond donors (Lipinski definition) is 1. The monoisotopic (exact) mass is 276 g/mol. The van der Waals surface area contributed by atoms with Crippen molar-refractivity contribution in [2.75, 3.05) is 14.2 Å². The van der Waals surface area contributed by atoms with Crippen molar-refractivity contribution in [1.29, 1.82) is 5.26 Å². The second kappa shape index (κ2) is 7.51. The van der Waals surface area contributed by atoms with Gasteiger partial charge in [0.25, 0.3) is 0 Å². The number of rotatable bonds is 6. The highest BCUT2D eigenvalue weighted by Gasteiger charge is 2.22. The smallest absolute Gasteiger partial charge is 0.323 e. The van der Waals surface area contributed by atoms with Gasteiger partial charge in [-0.25, -0.2) is 0 Å². The molecule has 5 nitrogen and oxygen atoms in total. The third-order valence-corrected chi connectivity index (χ3v) is 3.03. The fourth-order valence-electron chi connectivity index (χ4n) is 1.90. The molecular formula is C15H20N2O3. The van der Waals surface area contributed by atoms with E-state index in [2.05, 4.69) is 11.4 Å². The lowest BCUT2D eigenvalue weighted by molar-refractivity contribution is -0.144. The van der Waals surface area contributed by atoms with E-state index >= 15 is 0 Å². The molecule has 1 aromatic carbocycles. The summed E-state index contributed by atoms with van der Waals surface area (Å²) in [4.78, 5) is 11.6. The molecule has 0 heterocycles. The van der Waals surface area contributed by atoms with Gasteiger partial charge >= 0.3 is 5.97 Å². The number of benzene rings is 1. The van der Waals surface area contributed by atoms with Crippen molar-refractivity contribution in [1.82, 2.24) is 5.32 Å². The van der Waals surface area contributed by atoms with Crippen LogP contribution < -0.4 is 10.1 Å². The Morgan fingerprint density at radius 2 is 2.10 bits per heavy atom. The van der Waals surface area contributed by atoms with Crippen LogP contribution in [0.15, 0.2) is 18.2 Å². The quantitative estimate of drug-likeness (QED) is 0.803. The third-order valence-electron chi connectivity index (χ3n) is 3.03. The number of ether oxygens (including phenoxy) is 2. The molecule has 1 N–H and O–H groups in total. The molecule has 1 rings (SSSR count). The zero-order chi connectivity index (χ0) is 15.1. The summed E-state index contributed by atoms with van der Waals surface area (Å²) in [6, 6.07) is 7.08. The van der Waals surface area contributed by atoms with Gasteiger partial charge in [-0.3, -0.25) is 4.79 Å². The molecule has 20 heavy (non-hydrogen) atoms. The first-order valence-corrected chi connectivity index (χ1v) is 6.41. The Kier molecular flexibility index (Phi) is 6.01. The Morgan fingerprint density at radius 3 is 2.60 bits per heavy atom. The first-order valence-electron chi connectivity index (χ1n) is 6.41. The summed E-state index contributed by atoms with van der Waals surface area (Å²) in [6.07, 6.45) is 0. The number of nitrogens with zero attached hydrogens (tertiary/aromatic N) is 1. The summed E-state index contributed by atoms with van der Waals surface area (Å²) < 4.78 is 9.86. The van der Waals surface area contributed by atoms with Gasteiger partial charge in [0, 0.05) is 6.54 Å². The second-order valence-corrected chi connectivity index (χ2v) is 4.77. The average molecular weight is 276 g/mol. The van der Waals surface area contributed by atoms with Crippen molar-refractivity contribution < 1.29 is 14.3 Å². The van der Waals surface area contributed by atoms with E-state index < -0.39 is 0 Å². The van der Waals surface area contributed by atoms with Gasteiger partial charge in [-0.05, 0) is 23.6 Å². The molecule has 0 saturated heterocycles. The van der Waals surface area contributed by atoms with Gasteiger partial charge in [-0.15, -0.1) is 0 Å². The Balaban J connectivity index is 2.79. The Labute approximate surface area is 119 Å². The van der Waals surface area contributed by atoms with Gasteiger partial charge in [-0.2, -0.15) is 5.26 Å². The highest BCUT2D eigenvalue weighted by Crippen LogP contribution is 2.19. The largest absolute Gasteiger partial charge is 0.495 e. The number of nitriles is 1. The van der Waals surface area contributed by atoms with Crippen molar-refractivity contribution >= 4 is 5.97 Å². The number of esters is 1. The lowest BCUT2D eigenvalue weighted by atomic mass is 10.0. The molecule has 0 aliphatic carbocycles. The molecule has 0 fully saturated rings. The predicted molar refractivity (Wildman–Crippen MR) is 75.2 cm³/mol. The van der Waals surface area contributed by atoms with Crippen molar-refractivity contribution in [3.05, 3.63) is 29.3 Å². The highest BCUT2D eigenvalue weighted by molar-refractivity contribution is 5.75. The summed E-state index contributed by atoms with van der Waals surface area (Å²) in [5.41, 5.74) is 1.39. The Morgan fingerprint density at radius 1 is 1.40 bits per heavy atom. The van der Waals surface area contributed by atoms with Crippen molar-refractivity contribution in [3.8, 4) is 11.8 Å². The molecule has 0 bridgehead atoms. The number of carbonyl (C=O) groups excluding carboxylic acids is 1. The SMILES string of the molecule is COC(=O)[C@@H](NCc1ccc(OC)c(C#N)c1)C(C)C. The van der Waals surface area contributed by atoms with Crippen LogP contribution in [0.4, 0.5) is 0 Å². The average Bonchev–Trinajstić information content (AvgIpc) is 2.46. The maximum absolute atomic E-state index is 11.6. The topological polar surface area (TPSA) is 71.3 Å². The van der Waals surface area contributed by atoms with Crippen molar-refractivity contribution in [2.45, 2.75) is 26.4 Å². The lowest BCUT2D eigenvalue weighted by Crippen LogP contribution is -2.41. The van der Waals surface area contributed by atoms with Crippen LogP contribution in [0.3, 0.4) is 0 Å². The molecule has 108 valence electrons. The lowest BCUT2D eigenvalue weighted by Gasteiger charge is -2.20. The summed E-state index contributed by atoms with van der Waals surface area (Å²) in [6.45, 7) is 4.38. The summed E-state index contributed by atoms with van der Waals surface area (Å²) >= 11 is 0. The number of hydrogen-bond acceptors (Lipinski definition) is 5. The van der Waals surface area contributed by atoms with Gasteiger partial charge < -0.3 is 14.8 Å². The summed E-state index contributed by atoms with van der Waals surface area (Å²) in [5.74, 6) is 0.384. The van der Waals surface area contributed by atoms with Crippen LogP contribution in [0.2, 0.25) is 0 Å². The van der Waals surface area contributed by atoms with Crippen LogP contribution in [0, 0.1) is 17.2 Å². The fourth-order valence-corrected chi connectivity index (χ4v) is 1.90. The number of nitrogens with one attached hydrogen (secondary N) is 1. The molecule has 0 aliphatic rings. The normalized spacial score (nSPS) is 11.8. The standard InChI is InChI=1S/C15H20N2O3/c1-10(2)14(15(18)20-4)17-9-11-5-6-13(19-3)12(7-11)8-16/h5-7,10,14,17H,9H2,1-4H3/t14-/m0/s1. The molecule has 0 radical (unpaired) electrons. The van der Waals surface area contributed by atoms with Crippen LogP contribution in [0.5, 0.6) is 5.75 Å². The zero-order valence-electron chi connectivity index (χ0n) is 12.3. The molecule has 0 unspecified atom stereocenters. The van der Waals surface area contributed by atoms with Crippen molar-refractivity contribution in [3.63, 3.8) is 0 Å². The molecule has 1 atom stereocenters. The minimum Gasteiger partial charge on any atom is -0.495 e. The van der Waals surface area contributed by atoms with E-state index in [1.165, 1.54) is 14.2 Å². The fraction of sp³-hybridized carbons (Fsp3) is 0.467. The van der Waals surface area contributed by atoms with Crippen molar-refractivity contribution in [2.24, 2.45) is 5.92 Å². The Bertz CT molecular complexity index is 506. The first kappa shape index (κ1) is 16.0. The van der Waals surface area contributed by atoms with E-state index in [1.54, 1.807) is 12.1 Å². The molecule has 0 aromatic heterocycles. The molecule has 1 aromatic rings. The molecule has 0 saturated carbocycles. The van der Waals surface area contributed by atoms with Gasteiger partial charge in [0.1, 0.15) is 17.9 Å². The maximum Gasteiger partial charge on any atom is 0.323 e. The predicted octanol–water partition coefficient (Wildman–Crippen LogP) is 1.85. The molecule has 0 amide bonds. The van der Waals surface area contributed by atoms with Gasteiger partial charge in [0.15, 0.2) is 0 Å². The maximum atomic E-state index is 11.6. The van der Waals surface area contributed by atoms with Gasteiger partial charge in [0.2, 0.25) is 0 Å². The first-order chi connectivity index (χ1) is 9.53. The molecule has 5 heteroatoms. The summed E-state index contributed by atoms with van der Waals surface area (Å²) in [5, 5.41) is 12.2. The Hall–Kier alpha value is -2.06. The van der Waals surface area contributed by atoms with Crippen LogP contribution in [0.1, 0.15) is 25.0 Å². The van der Waals surface area contributed by atoms with E-state index in [9.17, 15) is 4.79 Å². The third kappa shape index (κ3) is 3.97. The number of carbonyl (C=O) groups is 1. The zero-order valence-corrected chi connectivity index (χ0v) is 12.3. The number of methoxy groups -OCH3 is 2. The van der Waals surface area contributed by atoms with Crippen LogP contribution in [-0.2, 0) is 16.1 Å². The van der Waals surface area contributed by atoms with Crippen LogP contribution in [-0.4, -0.2) is 26.2 Å². The van der Waals surface area contributed by atoms with E-state index in [-0.39, 0.29) is 17.9 Å². The summed E-state index contributed by atoms with van der Waals surface area (Å²) in [7, 11) is 2.90. The van der Waals surface area contributed by atoms with Gasteiger partial charge in [-0.1, -0.05) is 19.9 Å². The van der Waals surface area contributed by atoms with E-state index in [0.29, 0.717) is 17.9 Å². The van der Waals surface area contributed by atoms with Crippen LogP contribution >= 0.6 is 0 Å². The second-order valence-electron chi connectivity index (χ2n) is 4.77. The van der Waals surface area contributed by atoms with E-state index in [0.717, 1.165) is 5.56 Å². The van der Waals surface area contributed by atoms with Gasteiger partial charge in [0.05, 0.1) is 19.8 Å². The molecule has 0 aliphatic heterocycles. The van der Waals surface area contributed by atoms with E-state index in [1.807, 2.05) is 19.9 Å². The molecule has 0 spiro atoms. The molecular weight excluding hydrogens is 256 g/mol.